The number of hydrogen-bond donors (Lipinski definition) is 1. The molecule has 2 rings (SSSR count). The summed E-state index contributed by atoms with van der Waals surface area (Å²) < 4.78 is 5.67. The predicted octanol–water partition coefficient (Wildman–Crippen LogP) is 2.23. The molecule has 2 aliphatic rings. The van der Waals surface area contributed by atoms with Gasteiger partial charge in [0.2, 0.25) is 0 Å². The van der Waals surface area contributed by atoms with Gasteiger partial charge >= 0.3 is 0 Å². The van der Waals surface area contributed by atoms with Crippen LogP contribution in [0.2, 0.25) is 0 Å². The van der Waals surface area contributed by atoms with Crippen LogP contribution in [0.3, 0.4) is 0 Å². The Morgan fingerprint density at radius 2 is 2.00 bits per heavy atom. The molecule has 2 fully saturated rings. The van der Waals surface area contributed by atoms with Gasteiger partial charge in [-0.15, -0.1) is 0 Å². The van der Waals surface area contributed by atoms with Gasteiger partial charge in [-0.2, -0.15) is 0 Å². The van der Waals surface area contributed by atoms with Gasteiger partial charge in [0.15, 0.2) is 6.29 Å². The zero-order chi connectivity index (χ0) is 9.47. The summed E-state index contributed by atoms with van der Waals surface area (Å²) in [6, 6.07) is 0. The summed E-state index contributed by atoms with van der Waals surface area (Å²) in [6.07, 6.45) is 5.22. The number of aliphatic hydroxyl groups excluding tert-OH is 1. The maximum absolute atomic E-state index is 9.56. The van der Waals surface area contributed by atoms with Gasteiger partial charge in [-0.1, -0.05) is 32.8 Å². The van der Waals surface area contributed by atoms with Crippen molar-refractivity contribution in [2.45, 2.75) is 50.9 Å². The molecule has 1 aliphatic carbocycles. The fourth-order valence-corrected chi connectivity index (χ4v) is 2.65. The third kappa shape index (κ3) is 1.32. The van der Waals surface area contributed by atoms with Crippen LogP contribution in [0.25, 0.3) is 0 Å². The van der Waals surface area contributed by atoms with Crippen molar-refractivity contribution >= 4 is 0 Å². The van der Waals surface area contributed by atoms with E-state index in [4.69, 9.17) is 4.74 Å². The highest BCUT2D eigenvalue weighted by molar-refractivity contribution is 5.16. The molecule has 1 spiro atoms. The largest absolute Gasteiger partial charge is 0.364 e. The van der Waals surface area contributed by atoms with Gasteiger partial charge in [0, 0.05) is 5.92 Å². The van der Waals surface area contributed by atoms with E-state index in [1.54, 1.807) is 0 Å². The first-order chi connectivity index (χ1) is 6.16. The third-order valence-corrected chi connectivity index (χ3v) is 3.71. The second-order valence-electron chi connectivity index (χ2n) is 4.39. The van der Waals surface area contributed by atoms with Gasteiger partial charge in [0.25, 0.3) is 0 Å². The Bertz CT molecular complexity index is 216. The predicted molar refractivity (Wildman–Crippen MR) is 51.2 cm³/mol. The molecule has 0 bridgehead atoms. The van der Waals surface area contributed by atoms with Crippen LogP contribution in [0.4, 0.5) is 0 Å². The number of ether oxygens (including phenoxy) is 1. The molecule has 0 aromatic carbocycles. The highest BCUT2D eigenvalue weighted by atomic mass is 16.6. The number of aliphatic hydroxyl groups is 1. The molecule has 0 amide bonds. The van der Waals surface area contributed by atoms with Crippen molar-refractivity contribution in [1.29, 1.82) is 0 Å². The Balaban J connectivity index is 2.18. The first kappa shape index (κ1) is 9.22. The zero-order valence-corrected chi connectivity index (χ0v) is 8.25. The smallest absolute Gasteiger partial charge is 0.177 e. The zero-order valence-electron chi connectivity index (χ0n) is 8.25. The Kier molecular flexibility index (Phi) is 2.20. The molecule has 2 nitrogen and oxygen atoms in total. The molecule has 13 heavy (non-hydrogen) atoms. The minimum atomic E-state index is -0.715. The molecular weight excluding hydrogens is 164 g/mol. The van der Waals surface area contributed by atoms with Crippen LogP contribution in [0.5, 0.6) is 0 Å². The molecule has 1 saturated carbocycles. The first-order valence-corrected chi connectivity index (χ1v) is 5.20. The fraction of sp³-hybridized carbons (Fsp3) is 0.818. The third-order valence-electron chi connectivity index (χ3n) is 3.71. The Morgan fingerprint density at radius 3 is 2.46 bits per heavy atom. The van der Waals surface area contributed by atoms with Crippen molar-refractivity contribution in [3.63, 3.8) is 0 Å². The van der Waals surface area contributed by atoms with Crippen molar-refractivity contribution in [2.75, 3.05) is 0 Å². The summed E-state index contributed by atoms with van der Waals surface area (Å²) in [6.45, 7) is 6.02. The molecule has 0 aromatic heterocycles. The molecule has 1 saturated heterocycles. The molecule has 2 unspecified atom stereocenters. The SMILES string of the molecule is C=C1C(O)OC2(CCCCC2)C1C. The Hall–Kier alpha value is -0.340. The van der Waals surface area contributed by atoms with Crippen LogP contribution < -0.4 is 0 Å². The van der Waals surface area contributed by atoms with E-state index in [-0.39, 0.29) is 5.60 Å². The summed E-state index contributed by atoms with van der Waals surface area (Å²) in [5.41, 5.74) is 0.788. The van der Waals surface area contributed by atoms with Gasteiger partial charge in [0.05, 0.1) is 5.60 Å². The van der Waals surface area contributed by atoms with Crippen molar-refractivity contribution < 1.29 is 9.84 Å². The van der Waals surface area contributed by atoms with Crippen LogP contribution in [-0.4, -0.2) is 17.0 Å². The second kappa shape index (κ2) is 3.10. The van der Waals surface area contributed by atoms with Crippen molar-refractivity contribution in [2.24, 2.45) is 5.92 Å². The van der Waals surface area contributed by atoms with Crippen molar-refractivity contribution in [3.8, 4) is 0 Å². The van der Waals surface area contributed by atoms with Gasteiger partial charge < -0.3 is 9.84 Å². The average molecular weight is 182 g/mol. The van der Waals surface area contributed by atoms with Gasteiger partial charge in [-0.3, -0.25) is 0 Å². The molecule has 1 heterocycles. The van der Waals surface area contributed by atoms with Crippen molar-refractivity contribution in [1.82, 2.24) is 0 Å². The molecule has 2 atom stereocenters. The molecule has 74 valence electrons. The Labute approximate surface area is 79.6 Å². The van der Waals surface area contributed by atoms with Crippen LogP contribution in [0.15, 0.2) is 12.2 Å². The minimum Gasteiger partial charge on any atom is -0.364 e. The van der Waals surface area contributed by atoms with Crippen molar-refractivity contribution in [3.05, 3.63) is 12.2 Å². The maximum Gasteiger partial charge on any atom is 0.177 e. The lowest BCUT2D eigenvalue weighted by molar-refractivity contribution is -0.149. The average Bonchev–Trinajstić information content (AvgIpc) is 2.33. The summed E-state index contributed by atoms with van der Waals surface area (Å²) >= 11 is 0. The summed E-state index contributed by atoms with van der Waals surface area (Å²) in [4.78, 5) is 0. The summed E-state index contributed by atoms with van der Waals surface area (Å²) in [7, 11) is 0. The van der Waals surface area contributed by atoms with Gasteiger partial charge in [-0.25, -0.2) is 0 Å². The number of rotatable bonds is 0. The lowest BCUT2D eigenvalue weighted by Gasteiger charge is -2.36. The maximum atomic E-state index is 9.56. The molecule has 1 aliphatic heterocycles. The summed E-state index contributed by atoms with van der Waals surface area (Å²) in [5, 5.41) is 9.56. The van der Waals surface area contributed by atoms with Gasteiger partial charge in [0.1, 0.15) is 0 Å². The highest BCUT2D eigenvalue weighted by Crippen LogP contribution is 2.47. The van der Waals surface area contributed by atoms with Crippen LogP contribution in [-0.2, 0) is 4.74 Å². The molecule has 0 aromatic rings. The lowest BCUT2D eigenvalue weighted by Crippen LogP contribution is -2.36. The fourth-order valence-electron chi connectivity index (χ4n) is 2.65. The standard InChI is InChI=1S/C11H18O2/c1-8-9(2)11(13-10(8)12)6-4-3-5-7-11/h9-10,12H,1,3-7H2,2H3. The monoisotopic (exact) mass is 182 g/mol. The van der Waals surface area contributed by atoms with Crippen LogP contribution in [0, 0.1) is 5.92 Å². The van der Waals surface area contributed by atoms with E-state index in [2.05, 4.69) is 13.5 Å². The molecule has 1 N–H and O–H groups in total. The highest BCUT2D eigenvalue weighted by Gasteiger charge is 2.48. The van der Waals surface area contributed by atoms with E-state index in [9.17, 15) is 5.11 Å². The quantitative estimate of drug-likeness (QED) is 0.582. The topological polar surface area (TPSA) is 29.5 Å². The molecular formula is C11H18O2. The number of hydrogen-bond acceptors (Lipinski definition) is 2. The minimum absolute atomic E-state index is 0.0747. The second-order valence-corrected chi connectivity index (χ2v) is 4.39. The lowest BCUT2D eigenvalue weighted by atomic mass is 9.75. The normalized spacial score (nSPS) is 38.5. The van der Waals surface area contributed by atoms with E-state index in [1.165, 1.54) is 19.3 Å². The van der Waals surface area contributed by atoms with E-state index in [0.29, 0.717) is 5.92 Å². The van der Waals surface area contributed by atoms with E-state index < -0.39 is 6.29 Å². The Morgan fingerprint density at radius 1 is 1.38 bits per heavy atom. The van der Waals surface area contributed by atoms with Crippen LogP contribution in [0.1, 0.15) is 39.0 Å². The van der Waals surface area contributed by atoms with E-state index in [0.717, 1.165) is 18.4 Å². The van der Waals surface area contributed by atoms with Gasteiger partial charge in [-0.05, 0) is 18.4 Å². The molecule has 2 heteroatoms. The van der Waals surface area contributed by atoms with E-state index in [1.807, 2.05) is 0 Å². The summed E-state index contributed by atoms with van der Waals surface area (Å²) in [5.74, 6) is 0.322. The van der Waals surface area contributed by atoms with E-state index >= 15 is 0 Å². The van der Waals surface area contributed by atoms with Crippen LogP contribution >= 0.6 is 0 Å². The molecule has 0 radical (unpaired) electrons. The first-order valence-electron chi connectivity index (χ1n) is 5.20.